The topological polar surface area (TPSA) is 29.1 Å². The smallest absolute Gasteiger partial charge is 0.244 e. The van der Waals surface area contributed by atoms with E-state index in [1.54, 1.807) is 17.4 Å². The maximum absolute atomic E-state index is 12.2. The van der Waals surface area contributed by atoms with Gasteiger partial charge in [-0.25, -0.2) is 0 Å². The van der Waals surface area contributed by atoms with Crippen LogP contribution in [-0.4, -0.2) is 11.4 Å². The van der Waals surface area contributed by atoms with Gasteiger partial charge in [0.1, 0.15) is 0 Å². The average Bonchev–Trinajstić information content (AvgIpc) is 2.87. The van der Waals surface area contributed by atoms with Gasteiger partial charge in [-0.2, -0.15) is 0 Å². The second kappa shape index (κ2) is 4.73. The minimum absolute atomic E-state index is 0.0975. The van der Waals surface area contributed by atoms with Crippen LogP contribution < -0.4 is 5.32 Å². The first-order valence-corrected chi connectivity index (χ1v) is 8.62. The quantitative estimate of drug-likeness (QED) is 0.841. The minimum atomic E-state index is 0.0975. The highest BCUT2D eigenvalue weighted by Gasteiger charge is 2.51. The van der Waals surface area contributed by atoms with Gasteiger partial charge in [0.2, 0.25) is 5.91 Å². The van der Waals surface area contributed by atoms with Gasteiger partial charge in [0, 0.05) is 16.5 Å². The maximum Gasteiger partial charge on any atom is 0.244 e. The van der Waals surface area contributed by atoms with Crippen molar-refractivity contribution in [3.05, 3.63) is 28.5 Å². The van der Waals surface area contributed by atoms with Gasteiger partial charge in [0.15, 0.2) is 0 Å². The number of nitrogens with one attached hydrogen (secondary N) is 1. The van der Waals surface area contributed by atoms with E-state index in [2.05, 4.69) is 5.32 Å². The van der Waals surface area contributed by atoms with Crippen molar-refractivity contribution in [2.75, 3.05) is 0 Å². The van der Waals surface area contributed by atoms with Gasteiger partial charge >= 0.3 is 0 Å². The van der Waals surface area contributed by atoms with Crippen LogP contribution >= 0.6 is 11.3 Å². The van der Waals surface area contributed by atoms with Crippen molar-refractivity contribution >= 4 is 23.3 Å². The number of amides is 1. The van der Waals surface area contributed by atoms with Crippen LogP contribution in [0, 0.1) is 17.8 Å². The number of thiophene rings is 1. The molecule has 2 nitrogen and oxygen atoms in total. The molecule has 0 atom stereocenters. The van der Waals surface area contributed by atoms with Crippen molar-refractivity contribution in [3.63, 3.8) is 0 Å². The van der Waals surface area contributed by atoms with Gasteiger partial charge in [-0.1, -0.05) is 6.07 Å². The molecule has 0 aromatic carbocycles. The van der Waals surface area contributed by atoms with Crippen LogP contribution in [0.5, 0.6) is 0 Å². The zero-order valence-corrected chi connectivity index (χ0v) is 12.5. The zero-order valence-electron chi connectivity index (χ0n) is 11.7. The predicted molar refractivity (Wildman–Crippen MR) is 82.4 cm³/mol. The number of carbonyl (C=O) groups excluding carboxylic acids is 1. The molecule has 0 spiro atoms. The Balaban J connectivity index is 1.44. The van der Waals surface area contributed by atoms with E-state index in [1.165, 1.54) is 38.5 Å². The molecule has 4 saturated carbocycles. The first kappa shape index (κ1) is 12.6. The lowest BCUT2D eigenvalue weighted by atomic mass is 9.53. The molecule has 20 heavy (non-hydrogen) atoms. The molecule has 1 aromatic heterocycles. The van der Waals surface area contributed by atoms with E-state index in [9.17, 15) is 4.79 Å². The Morgan fingerprint density at radius 1 is 1.20 bits per heavy atom. The van der Waals surface area contributed by atoms with Crippen LogP contribution in [0.4, 0.5) is 0 Å². The fourth-order valence-corrected chi connectivity index (χ4v) is 5.73. The van der Waals surface area contributed by atoms with E-state index in [4.69, 9.17) is 0 Å². The van der Waals surface area contributed by atoms with Crippen molar-refractivity contribution in [1.82, 2.24) is 5.32 Å². The Kier molecular flexibility index (Phi) is 2.99. The lowest BCUT2D eigenvalue weighted by Gasteiger charge is -2.56. The average molecular weight is 287 g/mol. The first-order chi connectivity index (χ1) is 9.71. The molecule has 1 aromatic rings. The Morgan fingerprint density at radius 3 is 2.40 bits per heavy atom. The summed E-state index contributed by atoms with van der Waals surface area (Å²) >= 11 is 1.67. The lowest BCUT2D eigenvalue weighted by molar-refractivity contribution is -0.122. The van der Waals surface area contributed by atoms with Crippen LogP contribution in [0.15, 0.2) is 23.6 Å². The molecule has 4 aliphatic rings. The molecule has 5 rings (SSSR count). The van der Waals surface area contributed by atoms with Gasteiger partial charge in [-0.15, -0.1) is 11.3 Å². The third kappa shape index (κ3) is 2.32. The second-order valence-corrected chi connectivity index (χ2v) is 8.02. The summed E-state index contributed by atoms with van der Waals surface area (Å²) in [5.74, 6) is 2.73. The molecule has 0 unspecified atom stereocenters. The highest BCUT2D eigenvalue weighted by molar-refractivity contribution is 7.10. The van der Waals surface area contributed by atoms with Gasteiger partial charge in [-0.3, -0.25) is 4.79 Å². The molecule has 0 saturated heterocycles. The summed E-state index contributed by atoms with van der Waals surface area (Å²) in [7, 11) is 0. The van der Waals surface area contributed by atoms with Crippen molar-refractivity contribution in [2.24, 2.45) is 17.8 Å². The maximum atomic E-state index is 12.2. The highest BCUT2D eigenvalue weighted by atomic mass is 32.1. The SMILES string of the molecule is O=C(/C=C/c1cccs1)NC12CC3CC(CC(C3)C1)C2. The first-order valence-electron chi connectivity index (χ1n) is 7.74. The van der Waals surface area contributed by atoms with Crippen molar-refractivity contribution in [2.45, 2.75) is 44.1 Å². The van der Waals surface area contributed by atoms with Crippen LogP contribution in [-0.2, 0) is 4.79 Å². The summed E-state index contributed by atoms with van der Waals surface area (Å²) in [6.07, 6.45) is 11.6. The Hall–Kier alpha value is -1.09. The molecule has 4 fully saturated rings. The van der Waals surface area contributed by atoms with E-state index in [0.717, 1.165) is 22.6 Å². The molecular weight excluding hydrogens is 266 g/mol. The third-order valence-electron chi connectivity index (χ3n) is 5.37. The summed E-state index contributed by atoms with van der Waals surface area (Å²) in [5, 5.41) is 5.40. The van der Waals surface area contributed by atoms with Gasteiger partial charge in [0.05, 0.1) is 0 Å². The minimum Gasteiger partial charge on any atom is -0.347 e. The molecule has 0 radical (unpaired) electrons. The fourth-order valence-electron chi connectivity index (χ4n) is 5.11. The summed E-state index contributed by atoms with van der Waals surface area (Å²) in [6.45, 7) is 0. The molecule has 1 heterocycles. The normalized spacial score (nSPS) is 38.5. The standard InChI is InChI=1S/C17H21NOS/c19-16(4-3-15-2-1-5-20-15)18-17-9-12-6-13(10-17)8-14(7-12)11-17/h1-5,12-14H,6-11H2,(H,18,19)/b4-3+. The molecule has 1 N–H and O–H groups in total. The molecule has 4 bridgehead atoms. The van der Waals surface area contributed by atoms with Crippen LogP contribution in [0.1, 0.15) is 43.4 Å². The highest BCUT2D eigenvalue weighted by Crippen LogP contribution is 2.55. The molecule has 0 aliphatic heterocycles. The molecule has 4 aliphatic carbocycles. The summed E-state index contributed by atoms with van der Waals surface area (Å²) in [5.41, 5.74) is 0.131. The Bertz CT molecular complexity index is 496. The molecule has 106 valence electrons. The monoisotopic (exact) mass is 287 g/mol. The van der Waals surface area contributed by atoms with Crippen molar-refractivity contribution in [1.29, 1.82) is 0 Å². The zero-order chi connectivity index (χ0) is 13.6. The second-order valence-electron chi connectivity index (χ2n) is 7.04. The largest absolute Gasteiger partial charge is 0.347 e. The van der Waals surface area contributed by atoms with Gasteiger partial charge in [0.25, 0.3) is 0 Å². The lowest BCUT2D eigenvalue weighted by Crippen LogP contribution is -2.59. The van der Waals surface area contributed by atoms with Gasteiger partial charge < -0.3 is 5.32 Å². The molecule has 1 amide bonds. The van der Waals surface area contributed by atoms with Crippen molar-refractivity contribution < 1.29 is 4.79 Å². The molecule has 3 heteroatoms. The van der Waals surface area contributed by atoms with Crippen LogP contribution in [0.3, 0.4) is 0 Å². The van der Waals surface area contributed by atoms with E-state index < -0.39 is 0 Å². The number of hydrogen-bond acceptors (Lipinski definition) is 2. The fraction of sp³-hybridized carbons (Fsp3) is 0.588. The Morgan fingerprint density at radius 2 is 1.85 bits per heavy atom. The Labute approximate surface area is 124 Å². The van der Waals surface area contributed by atoms with Crippen LogP contribution in [0.25, 0.3) is 6.08 Å². The van der Waals surface area contributed by atoms with E-state index >= 15 is 0 Å². The third-order valence-corrected chi connectivity index (χ3v) is 6.21. The number of carbonyl (C=O) groups is 1. The summed E-state index contributed by atoms with van der Waals surface area (Å²) < 4.78 is 0. The number of rotatable bonds is 3. The number of hydrogen-bond donors (Lipinski definition) is 1. The summed E-state index contributed by atoms with van der Waals surface area (Å²) in [6, 6.07) is 4.06. The molecular formula is C17H21NOS. The van der Waals surface area contributed by atoms with Crippen molar-refractivity contribution in [3.8, 4) is 0 Å². The van der Waals surface area contributed by atoms with E-state index in [1.807, 2.05) is 23.6 Å². The van der Waals surface area contributed by atoms with Crippen LogP contribution in [0.2, 0.25) is 0 Å². The summed E-state index contributed by atoms with van der Waals surface area (Å²) in [4.78, 5) is 13.4. The van der Waals surface area contributed by atoms with Gasteiger partial charge in [-0.05, 0) is 73.8 Å². The van der Waals surface area contributed by atoms with E-state index in [0.29, 0.717) is 0 Å². The van der Waals surface area contributed by atoms with E-state index in [-0.39, 0.29) is 11.4 Å². The predicted octanol–water partition coefficient (Wildman–Crippen LogP) is 3.85.